The summed E-state index contributed by atoms with van der Waals surface area (Å²) in [4.78, 5) is 10.5. The van der Waals surface area contributed by atoms with Crippen LogP contribution >= 0.6 is 0 Å². The van der Waals surface area contributed by atoms with E-state index in [1.807, 2.05) is 0 Å². The van der Waals surface area contributed by atoms with Gasteiger partial charge in [0.1, 0.15) is 49.3 Å². The molecule has 11 N–H and O–H groups in total. The summed E-state index contributed by atoms with van der Waals surface area (Å²) in [6.07, 6.45) is -11.6. The van der Waals surface area contributed by atoms with Crippen LogP contribution in [0, 0.1) is 0 Å². The number of aliphatic hydroxyl groups excluding tert-OH is 11. The van der Waals surface area contributed by atoms with Crippen LogP contribution < -0.4 is 0 Å². The third-order valence-electron chi connectivity index (χ3n) is 2.90. The van der Waals surface area contributed by atoms with Crippen molar-refractivity contribution >= 4 is 5.78 Å². The minimum atomic E-state index is -1.86. The fourth-order valence-corrected chi connectivity index (χ4v) is 1.27. The van der Waals surface area contributed by atoms with E-state index in [9.17, 15) is 4.79 Å². The smallest absolute Gasteiger partial charge is 0.189 e. The van der Waals surface area contributed by atoms with Crippen LogP contribution in [-0.2, 0) is 4.79 Å². The monoisotopic (exact) mass is 362 g/mol. The third-order valence-corrected chi connectivity index (χ3v) is 2.90. The van der Waals surface area contributed by atoms with Gasteiger partial charge in [0.2, 0.25) is 0 Å². The minimum Gasteiger partial charge on any atom is -0.394 e. The zero-order chi connectivity index (χ0) is 19.4. The molecule has 24 heavy (non-hydrogen) atoms. The number of carbonyl (C=O) groups is 1. The Hall–Kier alpha value is -0.770. The van der Waals surface area contributed by atoms with Crippen molar-refractivity contribution in [2.75, 3.05) is 26.4 Å². The van der Waals surface area contributed by atoms with Crippen molar-refractivity contribution in [1.29, 1.82) is 0 Å². The van der Waals surface area contributed by atoms with Crippen molar-refractivity contribution in [3.8, 4) is 0 Å². The number of ketones is 1. The molecule has 12 heteroatoms. The number of aliphatic hydroxyl groups is 11. The van der Waals surface area contributed by atoms with E-state index in [1.54, 1.807) is 0 Å². The summed E-state index contributed by atoms with van der Waals surface area (Å²) < 4.78 is 0. The molecule has 0 rings (SSSR count). The second kappa shape index (κ2) is 13.5. The third kappa shape index (κ3) is 8.91. The van der Waals surface area contributed by atoms with Gasteiger partial charge < -0.3 is 56.2 Å². The molecule has 0 heterocycles. The first-order valence-corrected chi connectivity index (χ1v) is 6.81. The molecule has 0 saturated carbocycles. The first-order chi connectivity index (χ1) is 11.1. The first-order valence-electron chi connectivity index (χ1n) is 6.81. The first kappa shape index (κ1) is 25.5. The topological polar surface area (TPSA) is 240 Å². The van der Waals surface area contributed by atoms with E-state index in [4.69, 9.17) is 56.2 Å². The summed E-state index contributed by atoms with van der Waals surface area (Å²) in [5.74, 6) is -1.00. The molecule has 0 aromatic rings. The van der Waals surface area contributed by atoms with E-state index < -0.39 is 74.9 Å². The molecule has 7 atom stereocenters. The van der Waals surface area contributed by atoms with E-state index in [2.05, 4.69) is 0 Å². The number of rotatable bonds is 10. The van der Waals surface area contributed by atoms with Crippen LogP contribution in [0.1, 0.15) is 0 Å². The largest absolute Gasteiger partial charge is 0.394 e. The van der Waals surface area contributed by atoms with Crippen LogP contribution in [0.2, 0.25) is 0 Å². The summed E-state index contributed by atoms with van der Waals surface area (Å²) in [6.45, 7) is -3.14. The van der Waals surface area contributed by atoms with Gasteiger partial charge in [-0.1, -0.05) is 0 Å². The Morgan fingerprint density at radius 2 is 0.875 bits per heavy atom. The Bertz CT molecular complexity index is 313. The normalized spacial score (nSPS) is 20.0. The van der Waals surface area contributed by atoms with Crippen molar-refractivity contribution in [3.63, 3.8) is 0 Å². The lowest BCUT2D eigenvalue weighted by atomic mass is 10.0. The van der Waals surface area contributed by atoms with Gasteiger partial charge in [-0.3, -0.25) is 4.79 Å². The van der Waals surface area contributed by atoms with E-state index in [1.165, 1.54) is 0 Å². The molecule has 0 aromatic heterocycles. The molecule has 0 fully saturated rings. The molecular weight excluding hydrogens is 336 g/mol. The Morgan fingerprint density at radius 3 is 1.12 bits per heavy atom. The van der Waals surface area contributed by atoms with Crippen molar-refractivity contribution in [2.24, 2.45) is 0 Å². The SMILES string of the molecule is O=C(CO)[C@@H](O)[C@H](O)[C@@H](O)CO.OC[C@@H](O)[C@@H](O)[C@H](O)[C@H](O)CO. The van der Waals surface area contributed by atoms with Gasteiger partial charge >= 0.3 is 0 Å². The lowest BCUT2D eigenvalue weighted by Crippen LogP contribution is -2.46. The van der Waals surface area contributed by atoms with Crippen LogP contribution in [-0.4, -0.2) is 131 Å². The maximum atomic E-state index is 10.5. The molecule has 146 valence electrons. The molecule has 0 spiro atoms. The van der Waals surface area contributed by atoms with Crippen LogP contribution in [0.4, 0.5) is 0 Å². The molecular formula is C12H26O12. The fraction of sp³-hybridized carbons (Fsp3) is 0.917. The van der Waals surface area contributed by atoms with Gasteiger partial charge in [-0.2, -0.15) is 0 Å². The van der Waals surface area contributed by atoms with Crippen LogP contribution in [0.5, 0.6) is 0 Å². The quantitative estimate of drug-likeness (QED) is 0.174. The van der Waals surface area contributed by atoms with E-state index in [0.29, 0.717) is 0 Å². The molecule has 0 aliphatic heterocycles. The zero-order valence-electron chi connectivity index (χ0n) is 12.7. The van der Waals surface area contributed by atoms with E-state index in [-0.39, 0.29) is 0 Å². The number of carbonyl (C=O) groups excluding carboxylic acids is 1. The summed E-state index contributed by atoms with van der Waals surface area (Å²) in [5, 5.41) is 95.2. The van der Waals surface area contributed by atoms with Gasteiger partial charge in [-0.15, -0.1) is 0 Å². The van der Waals surface area contributed by atoms with Crippen LogP contribution in [0.25, 0.3) is 0 Å². The van der Waals surface area contributed by atoms with E-state index in [0.717, 1.165) is 0 Å². The molecule has 0 saturated heterocycles. The standard InChI is InChI=1S/C6H14O6.C6H12O6/c2*7-1-3(9)5(11)6(12)4(10)2-8/h3-12H,1-2H2;3,5-9,11-12H,1-2H2/t3-,4-,5-,6-;3-,5+,6+/m10/s1. The average Bonchev–Trinajstić information content (AvgIpc) is 2.62. The minimum absolute atomic E-state index is 0.726. The summed E-state index contributed by atoms with van der Waals surface area (Å²) >= 11 is 0. The fourth-order valence-electron chi connectivity index (χ4n) is 1.27. The molecule has 0 radical (unpaired) electrons. The van der Waals surface area contributed by atoms with Crippen molar-refractivity contribution in [2.45, 2.75) is 42.7 Å². The molecule has 0 aliphatic rings. The van der Waals surface area contributed by atoms with Crippen LogP contribution in [0.15, 0.2) is 0 Å². The molecule has 0 bridgehead atoms. The number of Topliss-reactive ketones (excluding diaryl/α,β-unsaturated/α-hetero) is 1. The van der Waals surface area contributed by atoms with Crippen molar-refractivity contribution in [1.82, 2.24) is 0 Å². The van der Waals surface area contributed by atoms with Gasteiger partial charge in [0, 0.05) is 0 Å². The molecule has 0 amide bonds. The highest BCUT2D eigenvalue weighted by Crippen LogP contribution is 2.04. The van der Waals surface area contributed by atoms with Crippen molar-refractivity contribution < 1.29 is 61.0 Å². The Balaban J connectivity index is 0. The number of hydrogen-bond donors (Lipinski definition) is 11. The Labute approximate surface area is 137 Å². The summed E-state index contributed by atoms with van der Waals surface area (Å²) in [6, 6.07) is 0. The summed E-state index contributed by atoms with van der Waals surface area (Å²) in [7, 11) is 0. The summed E-state index contributed by atoms with van der Waals surface area (Å²) in [5.41, 5.74) is 0. The highest BCUT2D eigenvalue weighted by Gasteiger charge is 2.29. The Morgan fingerprint density at radius 1 is 0.583 bits per heavy atom. The number of hydrogen-bond acceptors (Lipinski definition) is 12. The zero-order valence-corrected chi connectivity index (χ0v) is 12.7. The maximum absolute atomic E-state index is 10.5. The molecule has 12 nitrogen and oxygen atoms in total. The van der Waals surface area contributed by atoms with Gasteiger partial charge in [0.05, 0.1) is 19.8 Å². The molecule has 0 unspecified atom stereocenters. The predicted octanol–water partition coefficient (Wildman–Crippen LogP) is -6.96. The highest BCUT2D eigenvalue weighted by molar-refractivity contribution is 5.84. The Kier molecular flexibility index (Phi) is 14.3. The second-order valence-corrected chi connectivity index (χ2v) is 4.79. The van der Waals surface area contributed by atoms with Gasteiger partial charge in [0.25, 0.3) is 0 Å². The highest BCUT2D eigenvalue weighted by atomic mass is 16.4. The molecule has 0 aromatic carbocycles. The average molecular weight is 362 g/mol. The lowest BCUT2D eigenvalue weighted by Gasteiger charge is -2.24. The van der Waals surface area contributed by atoms with Gasteiger partial charge in [0.15, 0.2) is 5.78 Å². The predicted molar refractivity (Wildman–Crippen MR) is 75.4 cm³/mol. The molecule has 0 aliphatic carbocycles. The van der Waals surface area contributed by atoms with Crippen molar-refractivity contribution in [3.05, 3.63) is 0 Å². The van der Waals surface area contributed by atoms with Crippen LogP contribution in [0.3, 0.4) is 0 Å². The van der Waals surface area contributed by atoms with Gasteiger partial charge in [-0.05, 0) is 0 Å². The lowest BCUT2D eigenvalue weighted by molar-refractivity contribution is -0.142. The second-order valence-electron chi connectivity index (χ2n) is 4.79. The van der Waals surface area contributed by atoms with E-state index >= 15 is 0 Å². The maximum Gasteiger partial charge on any atom is 0.189 e. The van der Waals surface area contributed by atoms with Gasteiger partial charge in [-0.25, -0.2) is 0 Å².